The highest BCUT2D eigenvalue weighted by Crippen LogP contribution is 2.39. The summed E-state index contributed by atoms with van der Waals surface area (Å²) in [6.07, 6.45) is -0.0766. The molecule has 0 heterocycles. The van der Waals surface area contributed by atoms with Gasteiger partial charge in [0.1, 0.15) is 11.6 Å². The molecule has 12 heteroatoms. The standard InChI is InChI=1S/C14H26F2N4O4S2/c1-14(8-6-5-7-9-14)11(12(15)16)17-24-13(21)18-25-20(4)10-26(22,23)19(2)3/h12H,5-10H2,1-4H3,(H,18,21). The van der Waals surface area contributed by atoms with E-state index in [0.29, 0.717) is 25.0 Å². The number of nitrogens with one attached hydrogen (secondary N) is 1. The molecule has 26 heavy (non-hydrogen) atoms. The van der Waals surface area contributed by atoms with Crippen molar-refractivity contribution in [3.8, 4) is 0 Å². The maximum Gasteiger partial charge on any atom is 0.444 e. The van der Waals surface area contributed by atoms with Gasteiger partial charge in [-0.15, -0.1) is 0 Å². The van der Waals surface area contributed by atoms with Crippen molar-refractivity contribution in [2.75, 3.05) is 27.0 Å². The second-order valence-electron chi connectivity index (χ2n) is 6.62. The Labute approximate surface area is 157 Å². The van der Waals surface area contributed by atoms with Crippen LogP contribution in [0.5, 0.6) is 0 Å². The highest BCUT2D eigenvalue weighted by molar-refractivity contribution is 7.96. The van der Waals surface area contributed by atoms with Crippen molar-refractivity contribution in [3.63, 3.8) is 0 Å². The Morgan fingerprint density at radius 2 is 1.85 bits per heavy atom. The molecule has 0 radical (unpaired) electrons. The summed E-state index contributed by atoms with van der Waals surface area (Å²) in [6, 6.07) is 0. The zero-order chi connectivity index (χ0) is 20.0. The molecule has 0 atom stereocenters. The molecule has 1 aliphatic rings. The number of oxime groups is 1. The van der Waals surface area contributed by atoms with Crippen LogP contribution in [0, 0.1) is 5.41 Å². The Morgan fingerprint density at radius 3 is 2.35 bits per heavy atom. The summed E-state index contributed by atoms with van der Waals surface area (Å²) in [4.78, 5) is 16.2. The van der Waals surface area contributed by atoms with E-state index in [-0.39, 0.29) is 5.88 Å². The maximum absolute atomic E-state index is 13.3. The predicted molar refractivity (Wildman–Crippen MR) is 97.1 cm³/mol. The van der Waals surface area contributed by atoms with Gasteiger partial charge in [0.25, 0.3) is 6.43 Å². The van der Waals surface area contributed by atoms with Crippen molar-refractivity contribution in [3.05, 3.63) is 0 Å². The first-order valence-corrected chi connectivity index (χ1v) is 10.5. The molecule has 1 rings (SSSR count). The van der Waals surface area contributed by atoms with E-state index in [1.807, 2.05) is 0 Å². The quantitative estimate of drug-likeness (QED) is 0.283. The minimum Gasteiger partial charge on any atom is -0.297 e. The Hall–Kier alpha value is -0.980. The summed E-state index contributed by atoms with van der Waals surface area (Å²) in [5.74, 6) is -0.353. The normalized spacial score (nSPS) is 18.4. The number of amides is 1. The molecule has 8 nitrogen and oxygen atoms in total. The van der Waals surface area contributed by atoms with Gasteiger partial charge in [0.2, 0.25) is 10.0 Å². The third-order valence-electron chi connectivity index (χ3n) is 4.20. The SMILES string of the molecule is CN(CS(=O)(=O)N(C)C)SNC(=O)ON=C(C(F)F)C1(C)CCCCC1. The van der Waals surface area contributed by atoms with Gasteiger partial charge >= 0.3 is 6.09 Å². The molecule has 0 unspecified atom stereocenters. The molecular formula is C14H26F2N4O4S2. The number of nitrogens with zero attached hydrogens (tertiary/aromatic N) is 3. The molecule has 0 spiro atoms. The van der Waals surface area contributed by atoms with Crippen molar-refractivity contribution in [2.45, 2.75) is 45.5 Å². The third-order valence-corrected chi connectivity index (χ3v) is 6.88. The van der Waals surface area contributed by atoms with Crippen LogP contribution in [-0.2, 0) is 14.9 Å². The molecule has 0 aromatic carbocycles. The van der Waals surface area contributed by atoms with E-state index in [1.165, 1.54) is 25.4 Å². The van der Waals surface area contributed by atoms with Crippen molar-refractivity contribution >= 4 is 34.0 Å². The van der Waals surface area contributed by atoms with Crippen LogP contribution in [0.25, 0.3) is 0 Å². The molecule has 1 saturated carbocycles. The molecule has 1 amide bonds. The van der Waals surface area contributed by atoms with Gasteiger partial charge in [-0.1, -0.05) is 31.3 Å². The summed E-state index contributed by atoms with van der Waals surface area (Å²) in [5, 5.41) is 3.40. The molecule has 152 valence electrons. The molecule has 0 aromatic heterocycles. The van der Waals surface area contributed by atoms with Gasteiger partial charge in [-0.25, -0.2) is 35.3 Å². The fourth-order valence-corrected chi connectivity index (χ4v) is 4.17. The lowest BCUT2D eigenvalue weighted by atomic mass is 9.72. The van der Waals surface area contributed by atoms with Gasteiger partial charge in [-0.05, 0) is 12.8 Å². The lowest BCUT2D eigenvalue weighted by molar-refractivity contribution is 0.143. The topological polar surface area (TPSA) is 91.3 Å². The minimum atomic E-state index is -3.49. The number of hydrogen-bond donors (Lipinski definition) is 1. The van der Waals surface area contributed by atoms with Crippen LogP contribution in [0.4, 0.5) is 13.6 Å². The number of carbonyl (C=O) groups excluding carboxylic acids is 1. The molecular weight excluding hydrogens is 390 g/mol. The fourth-order valence-electron chi connectivity index (χ4n) is 2.60. The van der Waals surface area contributed by atoms with Gasteiger partial charge in [0, 0.05) is 38.7 Å². The Kier molecular flexibility index (Phi) is 8.70. The Balaban J connectivity index is 2.58. The summed E-state index contributed by atoms with van der Waals surface area (Å²) < 4.78 is 54.6. The first-order valence-electron chi connectivity index (χ1n) is 8.10. The van der Waals surface area contributed by atoms with Gasteiger partial charge in [0.05, 0.1) is 0 Å². The second-order valence-corrected chi connectivity index (χ2v) is 9.78. The average molecular weight is 417 g/mol. The molecule has 0 aliphatic heterocycles. The number of halogens is 2. The summed E-state index contributed by atoms with van der Waals surface area (Å²) in [5.41, 5.74) is -1.21. The first kappa shape index (κ1) is 23.1. The fraction of sp³-hybridized carbons (Fsp3) is 0.857. The van der Waals surface area contributed by atoms with Crippen LogP contribution in [0.2, 0.25) is 0 Å². The third kappa shape index (κ3) is 6.97. The first-order chi connectivity index (χ1) is 12.0. The van der Waals surface area contributed by atoms with E-state index in [2.05, 4.69) is 14.7 Å². The van der Waals surface area contributed by atoms with Gasteiger partial charge in [-0.3, -0.25) is 4.84 Å². The molecule has 1 N–H and O–H groups in total. The van der Waals surface area contributed by atoms with Gasteiger partial charge < -0.3 is 0 Å². The largest absolute Gasteiger partial charge is 0.444 e. The zero-order valence-corrected chi connectivity index (χ0v) is 17.0. The summed E-state index contributed by atoms with van der Waals surface area (Å²) in [6.45, 7) is 1.70. The molecule has 1 fully saturated rings. The molecule has 0 bridgehead atoms. The predicted octanol–water partition coefficient (Wildman–Crippen LogP) is 2.65. The average Bonchev–Trinajstić information content (AvgIpc) is 2.52. The lowest BCUT2D eigenvalue weighted by Crippen LogP contribution is -2.36. The van der Waals surface area contributed by atoms with E-state index >= 15 is 0 Å². The van der Waals surface area contributed by atoms with E-state index in [0.717, 1.165) is 23.6 Å². The maximum atomic E-state index is 13.3. The van der Waals surface area contributed by atoms with Gasteiger partial charge in [0.15, 0.2) is 0 Å². The second kappa shape index (κ2) is 9.81. The van der Waals surface area contributed by atoms with E-state index in [1.54, 1.807) is 6.92 Å². The number of rotatable bonds is 8. The van der Waals surface area contributed by atoms with Crippen LogP contribution in [0.1, 0.15) is 39.0 Å². The Bertz CT molecular complexity index is 608. The van der Waals surface area contributed by atoms with Crippen LogP contribution >= 0.6 is 12.1 Å². The van der Waals surface area contributed by atoms with Crippen LogP contribution in [0.15, 0.2) is 5.16 Å². The van der Waals surface area contributed by atoms with E-state index in [4.69, 9.17) is 0 Å². The molecule has 0 aromatic rings. The smallest absolute Gasteiger partial charge is 0.297 e. The lowest BCUT2D eigenvalue weighted by Gasteiger charge is -2.33. The highest BCUT2D eigenvalue weighted by Gasteiger charge is 2.38. The van der Waals surface area contributed by atoms with Gasteiger partial charge in [-0.2, -0.15) is 0 Å². The van der Waals surface area contributed by atoms with Crippen LogP contribution < -0.4 is 4.72 Å². The van der Waals surface area contributed by atoms with Crippen molar-refractivity contribution < 1.29 is 26.8 Å². The number of alkyl halides is 2. The van der Waals surface area contributed by atoms with Crippen LogP contribution in [-0.4, -0.2) is 62.3 Å². The summed E-state index contributed by atoms with van der Waals surface area (Å²) in [7, 11) is 0.744. The number of carbonyl (C=O) groups is 1. The molecule has 1 aliphatic carbocycles. The van der Waals surface area contributed by atoms with Crippen LogP contribution in [0.3, 0.4) is 0 Å². The van der Waals surface area contributed by atoms with E-state index < -0.39 is 33.7 Å². The zero-order valence-electron chi connectivity index (χ0n) is 15.4. The highest BCUT2D eigenvalue weighted by atomic mass is 32.2. The Morgan fingerprint density at radius 1 is 1.27 bits per heavy atom. The van der Waals surface area contributed by atoms with Crippen molar-refractivity contribution in [2.24, 2.45) is 10.6 Å². The number of sulfonamides is 1. The molecule has 0 saturated heterocycles. The van der Waals surface area contributed by atoms with Crippen molar-refractivity contribution in [1.29, 1.82) is 0 Å². The minimum absolute atomic E-state index is 0.353. The number of hydrogen-bond acceptors (Lipinski definition) is 7. The van der Waals surface area contributed by atoms with E-state index in [9.17, 15) is 22.0 Å². The van der Waals surface area contributed by atoms with Crippen molar-refractivity contribution in [1.82, 2.24) is 13.3 Å². The monoisotopic (exact) mass is 416 g/mol. The summed E-state index contributed by atoms with van der Waals surface area (Å²) >= 11 is 0.670.